The minimum absolute atomic E-state index is 0.198. The summed E-state index contributed by atoms with van der Waals surface area (Å²) in [5, 5.41) is 8.64. The van der Waals surface area contributed by atoms with Gasteiger partial charge in [-0.15, -0.1) is 0 Å². The summed E-state index contributed by atoms with van der Waals surface area (Å²) < 4.78 is 5.11. The largest absolute Gasteiger partial charge is 0.444 e. The Kier molecular flexibility index (Phi) is 6.91. The van der Waals surface area contributed by atoms with Crippen molar-refractivity contribution < 1.29 is 14.3 Å². The van der Waals surface area contributed by atoms with Gasteiger partial charge in [0.15, 0.2) is 0 Å². The van der Waals surface area contributed by atoms with Gasteiger partial charge in [0.1, 0.15) is 11.6 Å². The Labute approximate surface area is 126 Å². The lowest BCUT2D eigenvalue weighted by molar-refractivity contribution is -0.122. The molecule has 0 radical (unpaired) electrons. The zero-order valence-electron chi connectivity index (χ0n) is 13.5. The fourth-order valence-electron chi connectivity index (χ4n) is 1.97. The van der Waals surface area contributed by atoms with E-state index in [1.54, 1.807) is 27.7 Å². The molecule has 2 amide bonds. The summed E-state index contributed by atoms with van der Waals surface area (Å²) in [5.74, 6) is -0.198. The van der Waals surface area contributed by atoms with Crippen molar-refractivity contribution in [1.82, 2.24) is 20.9 Å². The van der Waals surface area contributed by atoms with E-state index in [1.165, 1.54) is 0 Å². The molecule has 21 heavy (non-hydrogen) atoms. The first-order valence-electron chi connectivity index (χ1n) is 7.48. The van der Waals surface area contributed by atoms with Crippen LogP contribution in [0.5, 0.6) is 0 Å². The Hall–Kier alpha value is -1.34. The van der Waals surface area contributed by atoms with Gasteiger partial charge in [0.05, 0.1) is 0 Å². The van der Waals surface area contributed by atoms with Crippen molar-refractivity contribution in [3.05, 3.63) is 0 Å². The molecule has 0 aromatic heterocycles. The summed E-state index contributed by atoms with van der Waals surface area (Å²) in [4.78, 5) is 25.7. The van der Waals surface area contributed by atoms with E-state index < -0.39 is 17.7 Å². The predicted molar refractivity (Wildman–Crippen MR) is 81.2 cm³/mol. The van der Waals surface area contributed by atoms with Crippen molar-refractivity contribution in [3.63, 3.8) is 0 Å². The van der Waals surface area contributed by atoms with Gasteiger partial charge in [-0.05, 0) is 27.7 Å². The van der Waals surface area contributed by atoms with Gasteiger partial charge in [-0.1, -0.05) is 0 Å². The van der Waals surface area contributed by atoms with Crippen LogP contribution in [0.25, 0.3) is 0 Å². The predicted octanol–water partition coefficient (Wildman–Crippen LogP) is -0.0790. The quantitative estimate of drug-likeness (QED) is 0.661. The molecular weight excluding hydrogens is 272 g/mol. The van der Waals surface area contributed by atoms with E-state index in [2.05, 4.69) is 20.9 Å². The normalized spacial score (nSPS) is 17.9. The van der Waals surface area contributed by atoms with Crippen LogP contribution in [0.2, 0.25) is 0 Å². The van der Waals surface area contributed by atoms with Crippen LogP contribution in [-0.4, -0.2) is 67.8 Å². The van der Waals surface area contributed by atoms with E-state index in [9.17, 15) is 9.59 Å². The van der Waals surface area contributed by atoms with Gasteiger partial charge in [0, 0.05) is 39.3 Å². The highest BCUT2D eigenvalue weighted by Crippen LogP contribution is 2.06. The lowest BCUT2D eigenvalue weighted by Crippen LogP contribution is -2.49. The van der Waals surface area contributed by atoms with E-state index in [1.807, 2.05) is 0 Å². The molecule has 3 N–H and O–H groups in total. The molecule has 1 rings (SSSR count). The van der Waals surface area contributed by atoms with Gasteiger partial charge in [0.2, 0.25) is 5.91 Å². The van der Waals surface area contributed by atoms with Crippen molar-refractivity contribution in [2.45, 2.75) is 39.3 Å². The Morgan fingerprint density at radius 3 is 2.48 bits per heavy atom. The van der Waals surface area contributed by atoms with Crippen LogP contribution in [0, 0.1) is 0 Å². The van der Waals surface area contributed by atoms with Crippen LogP contribution in [0.3, 0.4) is 0 Å². The number of amides is 2. The van der Waals surface area contributed by atoms with E-state index in [0.717, 1.165) is 32.7 Å². The van der Waals surface area contributed by atoms with Crippen LogP contribution in [0.15, 0.2) is 0 Å². The van der Waals surface area contributed by atoms with Crippen LogP contribution < -0.4 is 16.0 Å². The summed E-state index contributed by atoms with van der Waals surface area (Å²) in [5.41, 5.74) is -0.567. The highest BCUT2D eigenvalue weighted by Gasteiger charge is 2.20. The molecule has 1 unspecified atom stereocenters. The number of alkyl carbamates (subject to hydrolysis) is 1. The third kappa shape index (κ3) is 7.87. The number of nitrogens with zero attached hydrogens (tertiary/aromatic N) is 1. The van der Waals surface area contributed by atoms with E-state index in [4.69, 9.17) is 4.74 Å². The van der Waals surface area contributed by atoms with Gasteiger partial charge in [-0.2, -0.15) is 0 Å². The van der Waals surface area contributed by atoms with Crippen LogP contribution >= 0.6 is 0 Å². The minimum atomic E-state index is -0.608. The van der Waals surface area contributed by atoms with Crippen LogP contribution in [-0.2, 0) is 9.53 Å². The molecule has 0 bridgehead atoms. The molecule has 122 valence electrons. The molecule has 0 aromatic rings. The molecule has 1 fully saturated rings. The molecular formula is C14H28N4O3. The highest BCUT2D eigenvalue weighted by atomic mass is 16.6. The van der Waals surface area contributed by atoms with Crippen molar-refractivity contribution in [3.8, 4) is 0 Å². The molecule has 0 aliphatic carbocycles. The molecule has 1 atom stereocenters. The molecule has 0 spiro atoms. The maximum atomic E-state index is 11.9. The van der Waals surface area contributed by atoms with Gasteiger partial charge < -0.3 is 20.7 Å². The van der Waals surface area contributed by atoms with Crippen LogP contribution in [0.4, 0.5) is 4.79 Å². The Balaban J connectivity index is 2.19. The van der Waals surface area contributed by atoms with E-state index in [0.29, 0.717) is 6.54 Å². The highest BCUT2D eigenvalue weighted by molar-refractivity contribution is 5.85. The van der Waals surface area contributed by atoms with Crippen molar-refractivity contribution in [2.24, 2.45) is 0 Å². The lowest BCUT2D eigenvalue weighted by atomic mass is 10.2. The zero-order valence-corrected chi connectivity index (χ0v) is 13.5. The molecule has 0 aromatic carbocycles. The smallest absolute Gasteiger partial charge is 0.408 e. The molecule has 1 aliphatic heterocycles. The third-order valence-electron chi connectivity index (χ3n) is 3.06. The number of nitrogens with one attached hydrogen (secondary N) is 3. The van der Waals surface area contributed by atoms with Gasteiger partial charge in [0.25, 0.3) is 0 Å². The summed E-state index contributed by atoms with van der Waals surface area (Å²) in [7, 11) is 0. The number of piperazine rings is 1. The summed E-state index contributed by atoms with van der Waals surface area (Å²) in [6, 6.07) is -0.608. The van der Waals surface area contributed by atoms with E-state index >= 15 is 0 Å². The second kappa shape index (κ2) is 8.19. The van der Waals surface area contributed by atoms with Gasteiger partial charge >= 0.3 is 6.09 Å². The number of rotatable bonds is 5. The first kappa shape index (κ1) is 17.7. The number of ether oxygens (including phenoxy) is 1. The van der Waals surface area contributed by atoms with Gasteiger partial charge in [-0.25, -0.2) is 4.79 Å². The number of hydrogen-bond acceptors (Lipinski definition) is 5. The first-order chi connectivity index (χ1) is 9.78. The monoisotopic (exact) mass is 300 g/mol. The summed E-state index contributed by atoms with van der Waals surface area (Å²) in [6.45, 7) is 12.4. The first-order valence-corrected chi connectivity index (χ1v) is 7.48. The average molecular weight is 300 g/mol. The maximum absolute atomic E-state index is 11.9. The summed E-state index contributed by atoms with van der Waals surface area (Å²) in [6.07, 6.45) is -0.577. The molecule has 7 nitrogen and oxygen atoms in total. The average Bonchev–Trinajstić information content (AvgIpc) is 2.37. The van der Waals surface area contributed by atoms with Crippen LogP contribution in [0.1, 0.15) is 27.7 Å². The minimum Gasteiger partial charge on any atom is -0.444 e. The molecule has 1 heterocycles. The number of carbonyl (C=O) groups excluding carboxylic acids is 2. The SMILES string of the molecule is CC(NC(=O)OC(C)(C)C)C(=O)NCCN1CCNCC1. The number of hydrogen-bond donors (Lipinski definition) is 3. The maximum Gasteiger partial charge on any atom is 0.408 e. The Morgan fingerprint density at radius 1 is 1.29 bits per heavy atom. The Bertz CT molecular complexity index is 349. The fourth-order valence-corrected chi connectivity index (χ4v) is 1.97. The van der Waals surface area contributed by atoms with Crippen molar-refractivity contribution in [2.75, 3.05) is 39.3 Å². The van der Waals surface area contributed by atoms with Crippen molar-refractivity contribution in [1.29, 1.82) is 0 Å². The third-order valence-corrected chi connectivity index (χ3v) is 3.06. The molecule has 7 heteroatoms. The molecule has 1 saturated heterocycles. The Morgan fingerprint density at radius 2 is 1.90 bits per heavy atom. The number of carbonyl (C=O) groups is 2. The topological polar surface area (TPSA) is 82.7 Å². The molecule has 1 aliphatic rings. The summed E-state index contributed by atoms with van der Waals surface area (Å²) >= 11 is 0. The second-order valence-corrected chi connectivity index (χ2v) is 6.25. The van der Waals surface area contributed by atoms with Crippen molar-refractivity contribution >= 4 is 12.0 Å². The van der Waals surface area contributed by atoms with E-state index in [-0.39, 0.29) is 5.91 Å². The molecule has 0 saturated carbocycles. The lowest BCUT2D eigenvalue weighted by Gasteiger charge is -2.27. The zero-order chi connectivity index (χ0) is 15.9. The standard InChI is InChI=1S/C14H28N4O3/c1-11(17-13(20)21-14(2,3)4)12(19)16-7-10-18-8-5-15-6-9-18/h11,15H,5-10H2,1-4H3,(H,16,19)(H,17,20). The van der Waals surface area contributed by atoms with Gasteiger partial charge in [-0.3, -0.25) is 9.69 Å². The second-order valence-electron chi connectivity index (χ2n) is 6.25. The fraction of sp³-hybridized carbons (Fsp3) is 0.857.